The first-order valence-corrected chi connectivity index (χ1v) is 13.6. The fraction of sp³-hybridized carbons (Fsp3) is 0.355. The fourth-order valence-electron chi connectivity index (χ4n) is 4.42. The number of fused-ring (bicyclic) bond motifs is 1. The molecular weight excluding hydrogens is 500 g/mol. The Balaban J connectivity index is 1.59. The largest absolute Gasteiger partial charge is 0.486 e. The van der Waals surface area contributed by atoms with Gasteiger partial charge in [-0.3, -0.25) is 9.59 Å². The van der Waals surface area contributed by atoms with Crippen molar-refractivity contribution in [3.63, 3.8) is 0 Å². The van der Waals surface area contributed by atoms with Crippen LogP contribution in [-0.4, -0.2) is 42.0 Å². The highest BCUT2D eigenvalue weighted by molar-refractivity contribution is 6.30. The number of hydrogen-bond acceptors (Lipinski definition) is 4. The number of amides is 2. The maximum Gasteiger partial charge on any atom is 0.243 e. The second-order valence-electron chi connectivity index (χ2n) is 9.65. The number of carbonyl (C=O) groups is 2. The predicted octanol–water partition coefficient (Wildman–Crippen LogP) is 5.60. The molecule has 1 heterocycles. The molecule has 6 nitrogen and oxygen atoms in total. The molecule has 200 valence electrons. The topological polar surface area (TPSA) is 67.9 Å². The van der Waals surface area contributed by atoms with Crippen LogP contribution in [0.15, 0.2) is 72.8 Å². The van der Waals surface area contributed by atoms with Crippen LogP contribution in [-0.2, 0) is 29.0 Å². The lowest BCUT2D eigenvalue weighted by Gasteiger charge is -2.32. The number of benzene rings is 3. The first-order chi connectivity index (χ1) is 18.4. The maximum atomic E-state index is 13.8. The molecule has 0 spiro atoms. The predicted molar refractivity (Wildman–Crippen MR) is 150 cm³/mol. The van der Waals surface area contributed by atoms with Crippen LogP contribution in [0.3, 0.4) is 0 Å². The molecule has 0 radical (unpaired) electrons. The Morgan fingerprint density at radius 1 is 0.921 bits per heavy atom. The van der Waals surface area contributed by atoms with Gasteiger partial charge >= 0.3 is 0 Å². The van der Waals surface area contributed by atoms with Crippen LogP contribution in [0.2, 0.25) is 5.02 Å². The van der Waals surface area contributed by atoms with Gasteiger partial charge in [0.05, 0.1) is 0 Å². The molecule has 0 fully saturated rings. The first kappa shape index (κ1) is 27.5. The molecule has 0 aromatic heterocycles. The lowest BCUT2D eigenvalue weighted by Crippen LogP contribution is -2.52. The molecule has 0 bridgehead atoms. The number of carbonyl (C=O) groups excluding carboxylic acids is 2. The van der Waals surface area contributed by atoms with Crippen LogP contribution in [0, 0.1) is 0 Å². The van der Waals surface area contributed by atoms with E-state index in [4.69, 9.17) is 21.1 Å². The highest BCUT2D eigenvalue weighted by Crippen LogP contribution is 2.31. The third-order valence-electron chi connectivity index (χ3n) is 6.77. The van der Waals surface area contributed by atoms with Gasteiger partial charge in [-0.25, -0.2) is 0 Å². The van der Waals surface area contributed by atoms with Crippen LogP contribution in [0.25, 0.3) is 0 Å². The average Bonchev–Trinajstić information content (AvgIpc) is 2.94. The van der Waals surface area contributed by atoms with Gasteiger partial charge in [0.1, 0.15) is 19.3 Å². The van der Waals surface area contributed by atoms with E-state index in [-0.39, 0.29) is 24.3 Å². The van der Waals surface area contributed by atoms with Crippen molar-refractivity contribution in [1.29, 1.82) is 0 Å². The lowest BCUT2D eigenvalue weighted by atomic mass is 10.0. The minimum absolute atomic E-state index is 0.00553. The number of aryl methyl sites for hydroxylation is 1. The molecule has 2 atom stereocenters. The molecule has 0 saturated heterocycles. The second kappa shape index (κ2) is 13.3. The Bertz CT molecular complexity index is 1220. The molecular formula is C31H35ClN2O4. The summed E-state index contributed by atoms with van der Waals surface area (Å²) < 4.78 is 11.3. The molecule has 38 heavy (non-hydrogen) atoms. The lowest BCUT2D eigenvalue weighted by molar-refractivity contribution is -0.141. The Kier molecular flexibility index (Phi) is 9.66. The van der Waals surface area contributed by atoms with E-state index in [0.717, 1.165) is 28.9 Å². The molecule has 1 N–H and O–H groups in total. The maximum absolute atomic E-state index is 13.8. The van der Waals surface area contributed by atoms with Crippen molar-refractivity contribution >= 4 is 23.4 Å². The Hall–Kier alpha value is -3.51. The highest BCUT2D eigenvalue weighted by Gasteiger charge is 2.31. The quantitative estimate of drug-likeness (QED) is 0.348. The monoisotopic (exact) mass is 534 g/mol. The average molecular weight is 535 g/mol. The molecule has 7 heteroatoms. The summed E-state index contributed by atoms with van der Waals surface area (Å²) in [7, 11) is 0. The number of nitrogens with zero attached hydrogens (tertiary/aromatic N) is 1. The summed E-state index contributed by atoms with van der Waals surface area (Å²) in [6.07, 6.45) is 2.01. The van der Waals surface area contributed by atoms with E-state index in [1.54, 1.807) is 17.0 Å². The fourth-order valence-corrected chi connectivity index (χ4v) is 4.55. The Morgan fingerprint density at radius 2 is 1.61 bits per heavy atom. The zero-order valence-electron chi connectivity index (χ0n) is 22.0. The van der Waals surface area contributed by atoms with Gasteiger partial charge in [0.15, 0.2) is 11.5 Å². The molecule has 2 amide bonds. The van der Waals surface area contributed by atoms with Crippen molar-refractivity contribution < 1.29 is 19.1 Å². The Labute approximate surface area is 229 Å². The van der Waals surface area contributed by atoms with Crippen molar-refractivity contribution in [2.75, 3.05) is 13.2 Å². The smallest absolute Gasteiger partial charge is 0.243 e. The third-order valence-corrected chi connectivity index (χ3v) is 7.02. The SMILES string of the molecule is CC[C@@H](C)NC(=O)[C@H](Cc1ccccc1)N(Cc1ccc(Cl)cc1)C(=O)CCc1ccc2c(c1)OCCO2. The summed E-state index contributed by atoms with van der Waals surface area (Å²) in [5.41, 5.74) is 2.90. The van der Waals surface area contributed by atoms with Crippen molar-refractivity contribution in [3.8, 4) is 11.5 Å². The van der Waals surface area contributed by atoms with Gasteiger partial charge in [-0.05, 0) is 60.7 Å². The summed E-state index contributed by atoms with van der Waals surface area (Å²) in [5.74, 6) is 1.19. The summed E-state index contributed by atoms with van der Waals surface area (Å²) in [4.78, 5) is 29.1. The van der Waals surface area contributed by atoms with Gasteiger partial charge in [0.2, 0.25) is 11.8 Å². The summed E-state index contributed by atoms with van der Waals surface area (Å²) in [6.45, 7) is 5.36. The van der Waals surface area contributed by atoms with Crippen LogP contribution in [0.4, 0.5) is 0 Å². The van der Waals surface area contributed by atoms with Gasteiger partial charge in [0.25, 0.3) is 0 Å². The number of halogens is 1. The summed E-state index contributed by atoms with van der Waals surface area (Å²) in [5, 5.41) is 3.73. The molecule has 3 aromatic rings. The zero-order chi connectivity index (χ0) is 26.9. The van der Waals surface area contributed by atoms with Crippen LogP contribution in [0.1, 0.15) is 43.4 Å². The summed E-state index contributed by atoms with van der Waals surface area (Å²) >= 11 is 6.11. The molecule has 0 saturated carbocycles. The van der Waals surface area contributed by atoms with Crippen LogP contribution < -0.4 is 14.8 Å². The van der Waals surface area contributed by atoms with Gasteiger partial charge in [-0.15, -0.1) is 0 Å². The number of hydrogen-bond donors (Lipinski definition) is 1. The normalized spacial score (nSPS) is 13.9. The van der Waals surface area contributed by atoms with E-state index < -0.39 is 6.04 Å². The van der Waals surface area contributed by atoms with E-state index >= 15 is 0 Å². The van der Waals surface area contributed by atoms with E-state index in [1.807, 2.05) is 74.5 Å². The van der Waals surface area contributed by atoms with E-state index in [9.17, 15) is 9.59 Å². The number of ether oxygens (including phenoxy) is 2. The highest BCUT2D eigenvalue weighted by atomic mass is 35.5. The second-order valence-corrected chi connectivity index (χ2v) is 10.1. The van der Waals surface area contributed by atoms with Gasteiger partial charge in [-0.2, -0.15) is 0 Å². The minimum atomic E-state index is -0.658. The van der Waals surface area contributed by atoms with Crippen molar-refractivity contribution in [3.05, 3.63) is 94.5 Å². The molecule has 3 aromatic carbocycles. The van der Waals surface area contributed by atoms with Crippen LogP contribution in [0.5, 0.6) is 11.5 Å². The zero-order valence-corrected chi connectivity index (χ0v) is 22.7. The van der Waals surface area contributed by atoms with Gasteiger partial charge in [0, 0.05) is 30.5 Å². The standard InChI is InChI=1S/C31H35ClN2O4/c1-3-22(2)33-31(36)27(19-23-7-5-4-6-8-23)34(21-25-9-13-26(32)14-10-25)30(35)16-12-24-11-15-28-29(20-24)38-18-17-37-28/h4-11,13-15,20,22,27H,3,12,16-19,21H2,1-2H3,(H,33,36)/t22-,27+/m1/s1. The van der Waals surface area contributed by atoms with Gasteiger partial charge in [-0.1, -0.05) is 67.1 Å². The minimum Gasteiger partial charge on any atom is -0.486 e. The molecule has 1 aliphatic rings. The van der Waals surface area contributed by atoms with Crippen molar-refractivity contribution in [2.45, 2.75) is 58.2 Å². The molecule has 0 unspecified atom stereocenters. The Morgan fingerprint density at radius 3 is 2.32 bits per heavy atom. The van der Waals surface area contributed by atoms with Crippen LogP contribution >= 0.6 is 11.6 Å². The molecule has 4 rings (SSSR count). The van der Waals surface area contributed by atoms with Crippen molar-refractivity contribution in [2.24, 2.45) is 0 Å². The first-order valence-electron chi connectivity index (χ1n) is 13.2. The summed E-state index contributed by atoms with van der Waals surface area (Å²) in [6, 6.07) is 22.4. The van der Waals surface area contributed by atoms with Crippen molar-refractivity contribution in [1.82, 2.24) is 10.2 Å². The number of nitrogens with one attached hydrogen (secondary N) is 1. The van der Waals surface area contributed by atoms with E-state index in [1.165, 1.54) is 0 Å². The molecule has 0 aliphatic carbocycles. The number of rotatable bonds is 11. The van der Waals surface area contributed by atoms with E-state index in [0.29, 0.717) is 43.4 Å². The third kappa shape index (κ3) is 7.51. The van der Waals surface area contributed by atoms with Gasteiger partial charge < -0.3 is 19.7 Å². The van der Waals surface area contributed by atoms with E-state index in [2.05, 4.69) is 5.32 Å². The molecule has 1 aliphatic heterocycles.